The Kier molecular flexibility index (Phi) is 41.6. The van der Waals surface area contributed by atoms with Crippen LogP contribution in [-0.4, -0.2) is 68.5 Å². The summed E-state index contributed by atoms with van der Waals surface area (Å²) in [5, 5.41) is 13.8. The van der Waals surface area contributed by atoms with Gasteiger partial charge in [-0.15, -0.1) is 0 Å². The molecule has 0 fully saturated rings. The van der Waals surface area contributed by atoms with Crippen molar-refractivity contribution >= 4 is 13.7 Å². The summed E-state index contributed by atoms with van der Waals surface area (Å²) in [6, 6.07) is -0.794. The first-order valence-electron chi connectivity index (χ1n) is 25.2. The van der Waals surface area contributed by atoms with Gasteiger partial charge in [-0.2, -0.15) is 0 Å². The first kappa shape index (κ1) is 58.0. The van der Waals surface area contributed by atoms with Gasteiger partial charge in [-0.1, -0.05) is 212 Å². The second-order valence-corrected chi connectivity index (χ2v) is 19.9. The van der Waals surface area contributed by atoms with Gasteiger partial charge in [0.25, 0.3) is 7.82 Å². The highest BCUT2D eigenvalue weighted by Crippen LogP contribution is 2.38. The molecule has 0 saturated carbocycles. The van der Waals surface area contributed by atoms with Gasteiger partial charge in [-0.25, -0.2) is 0 Å². The molecule has 3 unspecified atom stereocenters. The van der Waals surface area contributed by atoms with Crippen LogP contribution in [0.5, 0.6) is 0 Å². The third kappa shape index (κ3) is 44.8. The van der Waals surface area contributed by atoms with Crippen LogP contribution in [0.2, 0.25) is 0 Å². The fraction of sp³-hybridized carbons (Fsp3) is 0.900. The lowest BCUT2D eigenvalue weighted by molar-refractivity contribution is -0.870. The smallest absolute Gasteiger partial charge is 0.268 e. The number of allylic oxidation sites excluding steroid dienone is 4. The van der Waals surface area contributed by atoms with E-state index in [0.717, 1.165) is 44.9 Å². The third-order valence-corrected chi connectivity index (χ3v) is 12.4. The standard InChI is InChI=1S/C50H99N2O6P/c1-6-8-10-12-14-15-16-17-18-19-20-21-22-23-24-25-26-27-28-29-30-31-32-33-34-35-36-37-38-40-42-44-50(54)51-48(49(53)43-41-39-13-11-9-7-2)47-58-59(55,56)57-46-45-52(3,4)5/h16-17,19-20,48-49,53H,6-15,18,21-47H2,1-5H3,(H-,51,54,55,56)/b17-16-,20-19-. The van der Waals surface area contributed by atoms with E-state index in [1.807, 2.05) is 21.1 Å². The van der Waals surface area contributed by atoms with Crippen molar-refractivity contribution in [2.75, 3.05) is 40.9 Å². The molecule has 1 amide bonds. The number of nitrogens with one attached hydrogen (secondary N) is 1. The number of aliphatic hydroxyl groups is 1. The highest BCUT2D eigenvalue weighted by Gasteiger charge is 2.24. The molecule has 0 radical (unpaired) electrons. The van der Waals surface area contributed by atoms with Crippen molar-refractivity contribution in [1.29, 1.82) is 0 Å². The Labute approximate surface area is 366 Å². The van der Waals surface area contributed by atoms with Gasteiger partial charge in [-0.05, 0) is 44.9 Å². The van der Waals surface area contributed by atoms with Crippen LogP contribution in [0.25, 0.3) is 0 Å². The zero-order chi connectivity index (χ0) is 43.6. The molecule has 0 aliphatic rings. The van der Waals surface area contributed by atoms with Gasteiger partial charge in [0, 0.05) is 6.42 Å². The summed E-state index contributed by atoms with van der Waals surface area (Å²) in [4.78, 5) is 25.2. The summed E-state index contributed by atoms with van der Waals surface area (Å²) < 4.78 is 23.1. The van der Waals surface area contributed by atoms with Gasteiger partial charge in [0.2, 0.25) is 5.91 Å². The van der Waals surface area contributed by atoms with Gasteiger partial charge in [-0.3, -0.25) is 9.36 Å². The van der Waals surface area contributed by atoms with Crippen molar-refractivity contribution in [3.05, 3.63) is 24.3 Å². The van der Waals surface area contributed by atoms with Crippen LogP contribution >= 0.6 is 7.82 Å². The summed E-state index contributed by atoms with van der Waals surface area (Å²) in [7, 11) is 1.31. The molecule has 0 aliphatic heterocycles. The lowest BCUT2D eigenvalue weighted by Gasteiger charge is -2.30. The van der Waals surface area contributed by atoms with Crippen molar-refractivity contribution < 1.29 is 32.9 Å². The predicted molar refractivity (Wildman–Crippen MR) is 252 cm³/mol. The lowest BCUT2D eigenvalue weighted by Crippen LogP contribution is -2.46. The number of quaternary nitrogens is 1. The number of unbranched alkanes of at least 4 members (excludes halogenated alkanes) is 29. The molecule has 8 nitrogen and oxygen atoms in total. The van der Waals surface area contributed by atoms with Gasteiger partial charge < -0.3 is 28.8 Å². The molecule has 0 rings (SSSR count). The van der Waals surface area contributed by atoms with Gasteiger partial charge >= 0.3 is 0 Å². The molecule has 2 N–H and O–H groups in total. The molecule has 350 valence electrons. The van der Waals surface area contributed by atoms with Gasteiger partial charge in [0.05, 0.1) is 39.9 Å². The van der Waals surface area contributed by atoms with E-state index in [-0.39, 0.29) is 19.1 Å². The number of phosphoric ester groups is 1. The summed E-state index contributed by atoms with van der Waals surface area (Å²) in [6.45, 7) is 4.65. The zero-order valence-corrected chi connectivity index (χ0v) is 40.6. The molecule has 0 aromatic heterocycles. The van der Waals surface area contributed by atoms with Gasteiger partial charge in [0.15, 0.2) is 0 Å². The SMILES string of the molecule is CCCCCCC/C=C\C/C=C\CCCCCCCCCCCCCCCCCCCCCC(=O)NC(COP(=O)([O-])OCC[N+](C)(C)C)C(O)CCCCCCCC. The van der Waals surface area contributed by atoms with E-state index in [0.29, 0.717) is 23.9 Å². The van der Waals surface area contributed by atoms with Crippen molar-refractivity contribution in [3.8, 4) is 0 Å². The first-order valence-corrected chi connectivity index (χ1v) is 26.6. The molecule has 0 saturated heterocycles. The normalized spacial score (nSPS) is 14.4. The number of carbonyl (C=O) groups excluding carboxylic acids is 1. The summed E-state index contributed by atoms with van der Waals surface area (Å²) in [5.74, 6) is -0.167. The van der Waals surface area contributed by atoms with Crippen LogP contribution in [0.3, 0.4) is 0 Å². The molecule has 59 heavy (non-hydrogen) atoms. The van der Waals surface area contributed by atoms with Crippen LogP contribution in [0.1, 0.15) is 239 Å². The second kappa shape index (κ2) is 42.3. The minimum absolute atomic E-state index is 0.0132. The largest absolute Gasteiger partial charge is 0.756 e. The highest BCUT2D eigenvalue weighted by molar-refractivity contribution is 7.45. The van der Waals surface area contributed by atoms with E-state index in [4.69, 9.17) is 9.05 Å². The van der Waals surface area contributed by atoms with E-state index >= 15 is 0 Å². The number of rotatable bonds is 46. The number of carbonyl (C=O) groups is 1. The van der Waals surface area contributed by atoms with E-state index < -0.39 is 20.0 Å². The first-order chi connectivity index (χ1) is 28.5. The average Bonchev–Trinajstić information content (AvgIpc) is 3.19. The maximum atomic E-state index is 12.8. The van der Waals surface area contributed by atoms with E-state index in [1.54, 1.807) is 0 Å². The minimum atomic E-state index is -4.55. The van der Waals surface area contributed by atoms with Crippen molar-refractivity contribution in [3.63, 3.8) is 0 Å². The summed E-state index contributed by atoms with van der Waals surface area (Å²) in [5.41, 5.74) is 0. The molecule has 0 bridgehead atoms. The van der Waals surface area contributed by atoms with Gasteiger partial charge in [0.1, 0.15) is 13.2 Å². The number of nitrogens with zero attached hydrogens (tertiary/aromatic N) is 1. The maximum absolute atomic E-state index is 12.8. The monoisotopic (exact) mass is 855 g/mol. The number of phosphoric acid groups is 1. The molecule has 3 atom stereocenters. The molecular weight excluding hydrogens is 756 g/mol. The van der Waals surface area contributed by atoms with Crippen LogP contribution in [0.15, 0.2) is 24.3 Å². The van der Waals surface area contributed by atoms with Crippen LogP contribution < -0.4 is 10.2 Å². The number of amides is 1. The molecule has 0 heterocycles. The molecule has 0 aromatic carbocycles. The van der Waals surface area contributed by atoms with Crippen LogP contribution in [0, 0.1) is 0 Å². The number of hydrogen-bond donors (Lipinski definition) is 2. The predicted octanol–water partition coefficient (Wildman–Crippen LogP) is 13.8. The average molecular weight is 855 g/mol. The Morgan fingerprint density at radius 1 is 0.593 bits per heavy atom. The number of aliphatic hydroxyl groups excluding tert-OH is 1. The van der Waals surface area contributed by atoms with Crippen molar-refractivity contribution in [1.82, 2.24) is 5.32 Å². The fourth-order valence-corrected chi connectivity index (χ4v) is 8.15. The highest BCUT2D eigenvalue weighted by atomic mass is 31.2. The van der Waals surface area contributed by atoms with E-state index in [1.165, 1.54) is 167 Å². The van der Waals surface area contributed by atoms with E-state index in [9.17, 15) is 19.4 Å². The van der Waals surface area contributed by atoms with Crippen LogP contribution in [-0.2, 0) is 18.4 Å². The Bertz CT molecular complexity index is 1020. The van der Waals surface area contributed by atoms with Crippen LogP contribution in [0.4, 0.5) is 0 Å². The second-order valence-electron chi connectivity index (χ2n) is 18.5. The number of likely N-dealkylation sites (N-methyl/N-ethyl adjacent to an activating group) is 1. The number of hydrogen-bond acceptors (Lipinski definition) is 6. The Hall–Kier alpha value is -1.02. The third-order valence-electron chi connectivity index (χ3n) is 11.4. The quantitative estimate of drug-likeness (QED) is 0.0273. The fourth-order valence-electron chi connectivity index (χ4n) is 7.42. The Balaban J connectivity index is 3.85. The molecular formula is C50H99N2O6P. The van der Waals surface area contributed by atoms with Crippen molar-refractivity contribution in [2.24, 2.45) is 0 Å². The van der Waals surface area contributed by atoms with Crippen molar-refractivity contribution in [2.45, 2.75) is 251 Å². The summed E-state index contributed by atoms with van der Waals surface area (Å²) in [6.07, 6.45) is 51.0. The molecule has 0 spiro atoms. The molecule has 9 heteroatoms. The Morgan fingerprint density at radius 3 is 1.41 bits per heavy atom. The topological polar surface area (TPSA) is 108 Å². The zero-order valence-electron chi connectivity index (χ0n) is 39.7. The summed E-state index contributed by atoms with van der Waals surface area (Å²) >= 11 is 0. The Morgan fingerprint density at radius 2 is 0.983 bits per heavy atom. The molecule has 0 aliphatic carbocycles. The molecule has 0 aromatic rings. The minimum Gasteiger partial charge on any atom is -0.756 e. The lowest BCUT2D eigenvalue weighted by atomic mass is 10.0. The van der Waals surface area contributed by atoms with E-state index in [2.05, 4.69) is 43.5 Å². The maximum Gasteiger partial charge on any atom is 0.268 e.